The first-order chi connectivity index (χ1) is 14.8. The van der Waals surface area contributed by atoms with Gasteiger partial charge in [0.1, 0.15) is 6.54 Å². The lowest BCUT2D eigenvalue weighted by molar-refractivity contribution is -0.140. The first kappa shape index (κ1) is 20.6. The van der Waals surface area contributed by atoms with E-state index in [1.165, 1.54) is 4.90 Å². The molecule has 31 heavy (non-hydrogen) atoms. The number of imide groups is 1. The molecule has 0 radical (unpaired) electrons. The lowest BCUT2D eigenvalue weighted by atomic mass is 10.1. The summed E-state index contributed by atoms with van der Waals surface area (Å²) in [6.45, 7) is 3.82. The minimum absolute atomic E-state index is 0.465. The van der Waals surface area contributed by atoms with Crippen LogP contribution in [0, 0.1) is 13.8 Å². The number of urea groups is 1. The van der Waals surface area contributed by atoms with E-state index in [9.17, 15) is 14.4 Å². The molecule has 2 unspecified atom stereocenters. The van der Waals surface area contributed by atoms with Gasteiger partial charge in [-0.1, -0.05) is 30.3 Å². The molecule has 0 aliphatic carbocycles. The fourth-order valence-electron chi connectivity index (χ4n) is 4.11. The Morgan fingerprint density at radius 3 is 2.48 bits per heavy atom. The number of carbonyl (C=O) groups is 3. The van der Waals surface area contributed by atoms with Gasteiger partial charge in [-0.05, 0) is 31.9 Å². The Balaban J connectivity index is 1.72. The van der Waals surface area contributed by atoms with Crippen LogP contribution in [0.5, 0.6) is 0 Å². The number of aromatic nitrogens is 2. The highest BCUT2D eigenvalue weighted by atomic mass is 16.2. The van der Waals surface area contributed by atoms with Gasteiger partial charge >= 0.3 is 6.03 Å². The summed E-state index contributed by atoms with van der Waals surface area (Å²) in [6, 6.07) is 10.5. The zero-order valence-corrected chi connectivity index (χ0v) is 17.7. The second kappa shape index (κ2) is 7.86. The maximum absolute atomic E-state index is 13.3. The van der Waals surface area contributed by atoms with Crippen molar-refractivity contribution in [2.24, 2.45) is 10.7 Å². The number of primary amides is 1. The molecule has 2 aromatic rings. The lowest BCUT2D eigenvalue weighted by Crippen LogP contribution is -2.66. The van der Waals surface area contributed by atoms with Crippen LogP contribution in [-0.2, 0) is 16.0 Å². The van der Waals surface area contributed by atoms with E-state index in [1.54, 1.807) is 11.7 Å². The zero-order chi connectivity index (χ0) is 22.3. The van der Waals surface area contributed by atoms with Crippen LogP contribution < -0.4 is 5.73 Å². The Kier molecular flexibility index (Phi) is 5.22. The van der Waals surface area contributed by atoms with Crippen LogP contribution in [0.1, 0.15) is 17.0 Å². The SMILES string of the molecule is Cc1cc(C)n(C2=NC3C(C(=O)N(CC(N)=O)C(=O)N3C)N2CCc2ccccc2)n1. The molecule has 1 saturated heterocycles. The number of aryl methyl sites for hydroxylation is 2. The molecule has 2 aliphatic heterocycles. The van der Waals surface area contributed by atoms with Gasteiger partial charge < -0.3 is 15.5 Å². The van der Waals surface area contributed by atoms with Crippen molar-refractivity contribution >= 4 is 23.8 Å². The molecule has 10 nitrogen and oxygen atoms in total. The number of likely N-dealkylation sites (N-methyl/N-ethyl adjacent to an activating group) is 1. The molecule has 2 aliphatic rings. The number of rotatable bonds is 5. The van der Waals surface area contributed by atoms with Gasteiger partial charge in [-0.2, -0.15) is 5.10 Å². The molecule has 4 amide bonds. The van der Waals surface area contributed by atoms with Crippen LogP contribution in [0.25, 0.3) is 0 Å². The molecule has 2 N–H and O–H groups in total. The second-order valence-corrected chi connectivity index (χ2v) is 7.84. The van der Waals surface area contributed by atoms with Gasteiger partial charge in [0, 0.05) is 19.3 Å². The molecular weight excluding hydrogens is 398 g/mol. The maximum atomic E-state index is 13.3. The number of benzene rings is 1. The van der Waals surface area contributed by atoms with Crippen molar-refractivity contribution < 1.29 is 14.4 Å². The van der Waals surface area contributed by atoms with E-state index in [-0.39, 0.29) is 0 Å². The van der Waals surface area contributed by atoms with Crippen LogP contribution >= 0.6 is 0 Å². The zero-order valence-electron chi connectivity index (χ0n) is 17.7. The molecule has 4 rings (SSSR count). The number of amides is 4. The number of nitrogens with two attached hydrogens (primary N) is 1. The minimum atomic E-state index is -0.760. The summed E-state index contributed by atoms with van der Waals surface area (Å²) in [5.41, 5.74) is 8.09. The van der Waals surface area contributed by atoms with Crippen molar-refractivity contribution in [2.75, 3.05) is 20.1 Å². The van der Waals surface area contributed by atoms with E-state index in [0.29, 0.717) is 18.9 Å². The summed E-state index contributed by atoms with van der Waals surface area (Å²) in [5, 5.41) is 4.53. The first-order valence-corrected chi connectivity index (χ1v) is 10.1. The third-order valence-corrected chi connectivity index (χ3v) is 5.57. The predicted molar refractivity (Wildman–Crippen MR) is 113 cm³/mol. The molecule has 162 valence electrons. The van der Waals surface area contributed by atoms with Crippen LogP contribution in [0.4, 0.5) is 4.79 Å². The molecular formula is C21H25N7O3. The normalized spacial score (nSPS) is 20.9. The summed E-state index contributed by atoms with van der Waals surface area (Å²) in [6.07, 6.45) is -0.0397. The average molecular weight is 423 g/mol. The fraction of sp³-hybridized carbons (Fsp3) is 0.381. The Labute approximate surface area is 179 Å². The van der Waals surface area contributed by atoms with Gasteiger partial charge in [0.25, 0.3) is 5.91 Å². The van der Waals surface area contributed by atoms with Crippen molar-refractivity contribution in [1.29, 1.82) is 0 Å². The molecule has 10 heteroatoms. The number of carbonyl (C=O) groups excluding carboxylic acids is 3. The van der Waals surface area contributed by atoms with E-state index in [4.69, 9.17) is 10.7 Å². The van der Waals surface area contributed by atoms with Gasteiger partial charge in [-0.15, -0.1) is 0 Å². The minimum Gasteiger partial charge on any atom is -0.368 e. The Morgan fingerprint density at radius 1 is 1.16 bits per heavy atom. The second-order valence-electron chi connectivity index (χ2n) is 7.84. The standard InChI is InChI=1S/C21H25N7O3/c1-13-11-14(2)28(24-13)20-23-18-17(26(20)10-9-15-7-5-4-6-8-15)19(30)27(12-16(22)29)21(31)25(18)3/h4-8,11,17-18H,9-10,12H2,1-3H3,(H2,22,29). The highest BCUT2D eigenvalue weighted by molar-refractivity contribution is 6.05. The fourth-order valence-corrected chi connectivity index (χ4v) is 4.11. The maximum Gasteiger partial charge on any atom is 0.328 e. The van der Waals surface area contributed by atoms with E-state index >= 15 is 0 Å². The molecule has 0 saturated carbocycles. The van der Waals surface area contributed by atoms with Crippen molar-refractivity contribution in [2.45, 2.75) is 32.5 Å². The summed E-state index contributed by atoms with van der Waals surface area (Å²) in [7, 11) is 1.57. The molecule has 0 bridgehead atoms. The van der Waals surface area contributed by atoms with Gasteiger partial charge in [0.05, 0.1) is 5.69 Å². The van der Waals surface area contributed by atoms with Crippen LogP contribution in [0.3, 0.4) is 0 Å². The van der Waals surface area contributed by atoms with Gasteiger partial charge in [0.2, 0.25) is 11.9 Å². The van der Waals surface area contributed by atoms with E-state index in [0.717, 1.165) is 21.9 Å². The largest absolute Gasteiger partial charge is 0.368 e. The number of hydrogen-bond acceptors (Lipinski definition) is 6. The van der Waals surface area contributed by atoms with Crippen molar-refractivity contribution in [3.8, 4) is 0 Å². The van der Waals surface area contributed by atoms with Crippen LogP contribution in [0.15, 0.2) is 41.4 Å². The Hall–Kier alpha value is -3.69. The number of nitrogens with zero attached hydrogens (tertiary/aromatic N) is 6. The summed E-state index contributed by atoms with van der Waals surface area (Å²) in [5.74, 6) is -0.729. The summed E-state index contributed by atoms with van der Waals surface area (Å²) in [4.78, 5) is 46.4. The summed E-state index contributed by atoms with van der Waals surface area (Å²) < 4.78 is 1.70. The summed E-state index contributed by atoms with van der Waals surface area (Å²) >= 11 is 0. The number of fused-ring (bicyclic) bond motifs is 1. The predicted octanol–water partition coefficient (Wildman–Crippen LogP) is 0.336. The van der Waals surface area contributed by atoms with Crippen LogP contribution in [0.2, 0.25) is 0 Å². The monoisotopic (exact) mass is 423 g/mol. The van der Waals surface area contributed by atoms with Crippen molar-refractivity contribution in [1.82, 2.24) is 24.5 Å². The Morgan fingerprint density at radius 2 is 1.87 bits per heavy atom. The molecule has 3 heterocycles. The van der Waals surface area contributed by atoms with Gasteiger partial charge in [-0.25, -0.2) is 14.5 Å². The topological polar surface area (TPSA) is 117 Å². The number of hydrogen-bond donors (Lipinski definition) is 1. The lowest BCUT2D eigenvalue weighted by Gasteiger charge is -2.40. The van der Waals surface area contributed by atoms with Crippen LogP contribution in [-0.4, -0.2) is 80.6 Å². The van der Waals surface area contributed by atoms with Gasteiger partial charge in [-0.3, -0.25) is 14.5 Å². The molecule has 2 atom stereocenters. The molecule has 0 spiro atoms. The molecule has 1 fully saturated rings. The molecule has 1 aromatic carbocycles. The first-order valence-electron chi connectivity index (χ1n) is 10.1. The van der Waals surface area contributed by atoms with E-state index < -0.39 is 36.6 Å². The van der Waals surface area contributed by atoms with Gasteiger partial charge in [0.15, 0.2) is 12.2 Å². The highest BCUT2D eigenvalue weighted by Gasteiger charge is 2.52. The third kappa shape index (κ3) is 3.65. The van der Waals surface area contributed by atoms with E-state index in [1.807, 2.05) is 55.1 Å². The average Bonchev–Trinajstić information content (AvgIpc) is 3.27. The number of aliphatic imine (C=N–C) groups is 1. The third-order valence-electron chi connectivity index (χ3n) is 5.57. The quantitative estimate of drug-likeness (QED) is 0.744. The van der Waals surface area contributed by atoms with Crippen molar-refractivity contribution in [3.05, 3.63) is 53.3 Å². The Bertz CT molecular complexity index is 1060. The highest BCUT2D eigenvalue weighted by Crippen LogP contribution is 2.29. The molecule has 1 aromatic heterocycles. The van der Waals surface area contributed by atoms with E-state index in [2.05, 4.69) is 5.10 Å². The van der Waals surface area contributed by atoms with Crippen molar-refractivity contribution in [3.63, 3.8) is 0 Å². The smallest absolute Gasteiger partial charge is 0.328 e.